The summed E-state index contributed by atoms with van der Waals surface area (Å²) in [6, 6.07) is 0. The molecule has 13 heavy (non-hydrogen) atoms. The number of rotatable bonds is 3. The Morgan fingerprint density at radius 3 is 2.15 bits per heavy atom. The molecule has 2 nitrogen and oxygen atoms in total. The zero-order valence-electron chi connectivity index (χ0n) is 8.88. The average Bonchev–Trinajstić information content (AvgIpc) is 2.28. The molecule has 0 heterocycles. The van der Waals surface area contributed by atoms with Crippen LogP contribution < -0.4 is 0 Å². The van der Waals surface area contributed by atoms with Gasteiger partial charge in [0, 0.05) is 0 Å². The molecule has 0 aliphatic heterocycles. The predicted octanol–water partition coefficient (Wildman–Crippen LogP) is 2.50. The van der Waals surface area contributed by atoms with Crippen LogP contribution in [0, 0.1) is 0 Å². The second kappa shape index (κ2) is 4.97. The van der Waals surface area contributed by atoms with Crippen molar-refractivity contribution < 1.29 is 9.84 Å². The van der Waals surface area contributed by atoms with Crippen LogP contribution in [0.3, 0.4) is 0 Å². The first-order chi connectivity index (χ1) is 6.12. The molecule has 0 spiro atoms. The molecule has 0 aromatic carbocycles. The first kappa shape index (κ1) is 11.0. The SMILES string of the molecule is CC(C)OCC1(O)CCCCCC1. The lowest BCUT2D eigenvalue weighted by Gasteiger charge is -2.27. The van der Waals surface area contributed by atoms with Gasteiger partial charge in [-0.25, -0.2) is 0 Å². The van der Waals surface area contributed by atoms with Gasteiger partial charge in [-0.3, -0.25) is 0 Å². The minimum Gasteiger partial charge on any atom is -0.387 e. The highest BCUT2D eigenvalue weighted by Gasteiger charge is 2.28. The van der Waals surface area contributed by atoms with Crippen LogP contribution in [-0.2, 0) is 4.74 Å². The van der Waals surface area contributed by atoms with Gasteiger partial charge >= 0.3 is 0 Å². The van der Waals surface area contributed by atoms with Crippen molar-refractivity contribution in [2.24, 2.45) is 0 Å². The predicted molar refractivity (Wildman–Crippen MR) is 53.7 cm³/mol. The third-order valence-electron chi connectivity index (χ3n) is 2.72. The lowest BCUT2D eigenvalue weighted by molar-refractivity contribution is -0.0725. The van der Waals surface area contributed by atoms with Gasteiger partial charge in [-0.1, -0.05) is 25.7 Å². The van der Waals surface area contributed by atoms with E-state index in [0.29, 0.717) is 6.61 Å². The Balaban J connectivity index is 2.33. The standard InChI is InChI=1S/C11H22O2/c1-10(2)13-9-11(12)7-5-3-4-6-8-11/h10,12H,3-9H2,1-2H3. The fourth-order valence-corrected chi connectivity index (χ4v) is 1.85. The molecule has 2 heteroatoms. The zero-order valence-corrected chi connectivity index (χ0v) is 8.88. The number of hydrogen-bond acceptors (Lipinski definition) is 2. The maximum Gasteiger partial charge on any atom is 0.0880 e. The molecule has 1 fully saturated rings. The van der Waals surface area contributed by atoms with Gasteiger partial charge in [0.15, 0.2) is 0 Å². The van der Waals surface area contributed by atoms with Crippen LogP contribution in [0.2, 0.25) is 0 Å². The van der Waals surface area contributed by atoms with E-state index < -0.39 is 5.60 Å². The summed E-state index contributed by atoms with van der Waals surface area (Å²) >= 11 is 0. The van der Waals surface area contributed by atoms with E-state index in [2.05, 4.69) is 0 Å². The summed E-state index contributed by atoms with van der Waals surface area (Å²) in [5.74, 6) is 0. The van der Waals surface area contributed by atoms with E-state index in [1.807, 2.05) is 13.8 Å². The molecule has 1 N–H and O–H groups in total. The zero-order chi connectivity index (χ0) is 9.73. The van der Waals surface area contributed by atoms with E-state index in [0.717, 1.165) is 25.7 Å². The summed E-state index contributed by atoms with van der Waals surface area (Å²) in [5.41, 5.74) is -0.527. The minimum absolute atomic E-state index is 0.229. The van der Waals surface area contributed by atoms with Crippen molar-refractivity contribution in [2.75, 3.05) is 6.61 Å². The quantitative estimate of drug-likeness (QED) is 0.686. The Hall–Kier alpha value is -0.0800. The minimum atomic E-state index is -0.527. The van der Waals surface area contributed by atoms with Gasteiger partial charge in [-0.2, -0.15) is 0 Å². The smallest absolute Gasteiger partial charge is 0.0880 e. The van der Waals surface area contributed by atoms with Crippen molar-refractivity contribution >= 4 is 0 Å². The van der Waals surface area contributed by atoms with Crippen LogP contribution in [0.15, 0.2) is 0 Å². The van der Waals surface area contributed by atoms with Gasteiger partial charge in [0.05, 0.1) is 18.3 Å². The summed E-state index contributed by atoms with van der Waals surface area (Å²) in [7, 11) is 0. The molecule has 1 saturated carbocycles. The fraction of sp³-hybridized carbons (Fsp3) is 1.00. The fourth-order valence-electron chi connectivity index (χ4n) is 1.85. The van der Waals surface area contributed by atoms with Gasteiger partial charge in [0.1, 0.15) is 0 Å². The van der Waals surface area contributed by atoms with Crippen LogP contribution in [0.1, 0.15) is 52.4 Å². The summed E-state index contributed by atoms with van der Waals surface area (Å²) < 4.78 is 5.49. The van der Waals surface area contributed by atoms with Crippen LogP contribution in [0.25, 0.3) is 0 Å². The Morgan fingerprint density at radius 2 is 1.69 bits per heavy atom. The van der Waals surface area contributed by atoms with Crippen molar-refractivity contribution in [3.8, 4) is 0 Å². The maximum absolute atomic E-state index is 10.2. The molecule has 0 aromatic heterocycles. The van der Waals surface area contributed by atoms with Gasteiger partial charge in [0.2, 0.25) is 0 Å². The second-order valence-electron chi connectivity index (χ2n) is 4.50. The maximum atomic E-state index is 10.2. The molecule has 0 aromatic rings. The highest BCUT2D eigenvalue weighted by Crippen LogP contribution is 2.27. The molecule has 1 rings (SSSR count). The molecule has 0 bridgehead atoms. The Labute approximate surface area is 81.3 Å². The van der Waals surface area contributed by atoms with E-state index in [1.165, 1.54) is 12.8 Å². The molecule has 0 radical (unpaired) electrons. The van der Waals surface area contributed by atoms with E-state index >= 15 is 0 Å². The number of hydrogen-bond donors (Lipinski definition) is 1. The van der Waals surface area contributed by atoms with E-state index in [1.54, 1.807) is 0 Å². The summed E-state index contributed by atoms with van der Waals surface area (Å²) in [6.45, 7) is 4.55. The molecular weight excluding hydrogens is 164 g/mol. The van der Waals surface area contributed by atoms with Crippen molar-refractivity contribution in [1.29, 1.82) is 0 Å². The molecule has 0 saturated heterocycles. The van der Waals surface area contributed by atoms with Crippen LogP contribution in [0.4, 0.5) is 0 Å². The van der Waals surface area contributed by atoms with Crippen LogP contribution in [-0.4, -0.2) is 23.4 Å². The highest BCUT2D eigenvalue weighted by molar-refractivity contribution is 4.80. The summed E-state index contributed by atoms with van der Waals surface area (Å²) in [5, 5.41) is 10.2. The van der Waals surface area contributed by atoms with Gasteiger partial charge in [-0.15, -0.1) is 0 Å². The topological polar surface area (TPSA) is 29.5 Å². The Kier molecular flexibility index (Phi) is 4.20. The monoisotopic (exact) mass is 186 g/mol. The Bertz CT molecular complexity index is 135. The number of aliphatic hydroxyl groups is 1. The van der Waals surface area contributed by atoms with Crippen molar-refractivity contribution in [2.45, 2.75) is 64.1 Å². The van der Waals surface area contributed by atoms with Gasteiger partial charge in [-0.05, 0) is 26.7 Å². The second-order valence-corrected chi connectivity index (χ2v) is 4.50. The molecule has 1 aliphatic rings. The number of ether oxygens (including phenoxy) is 1. The van der Waals surface area contributed by atoms with Crippen molar-refractivity contribution in [1.82, 2.24) is 0 Å². The van der Waals surface area contributed by atoms with Crippen molar-refractivity contribution in [3.05, 3.63) is 0 Å². The first-order valence-corrected chi connectivity index (χ1v) is 5.46. The summed E-state index contributed by atoms with van der Waals surface area (Å²) in [4.78, 5) is 0. The highest BCUT2D eigenvalue weighted by atomic mass is 16.5. The molecule has 0 amide bonds. The third kappa shape index (κ3) is 4.10. The molecule has 0 unspecified atom stereocenters. The van der Waals surface area contributed by atoms with Crippen LogP contribution in [0.5, 0.6) is 0 Å². The lowest BCUT2D eigenvalue weighted by Crippen LogP contribution is -2.34. The lowest BCUT2D eigenvalue weighted by atomic mass is 9.96. The van der Waals surface area contributed by atoms with E-state index in [9.17, 15) is 5.11 Å². The third-order valence-corrected chi connectivity index (χ3v) is 2.72. The largest absolute Gasteiger partial charge is 0.387 e. The molecule has 1 aliphatic carbocycles. The van der Waals surface area contributed by atoms with E-state index in [4.69, 9.17) is 4.74 Å². The van der Waals surface area contributed by atoms with Crippen LogP contribution >= 0.6 is 0 Å². The molecule has 78 valence electrons. The van der Waals surface area contributed by atoms with Gasteiger partial charge in [0.25, 0.3) is 0 Å². The normalized spacial score (nSPS) is 23.1. The van der Waals surface area contributed by atoms with Crippen molar-refractivity contribution in [3.63, 3.8) is 0 Å². The Morgan fingerprint density at radius 1 is 1.15 bits per heavy atom. The van der Waals surface area contributed by atoms with E-state index in [-0.39, 0.29) is 6.10 Å². The first-order valence-electron chi connectivity index (χ1n) is 5.46. The molecule has 0 atom stereocenters. The van der Waals surface area contributed by atoms with Gasteiger partial charge < -0.3 is 9.84 Å². The molecular formula is C11H22O2. The average molecular weight is 186 g/mol. The summed E-state index contributed by atoms with van der Waals surface area (Å²) in [6.07, 6.45) is 6.90.